The molecule has 0 aromatic carbocycles. The van der Waals surface area contributed by atoms with E-state index in [4.69, 9.17) is 27.9 Å². The fourth-order valence-electron chi connectivity index (χ4n) is 0.225. The zero-order valence-electron chi connectivity index (χ0n) is 4.16. The van der Waals surface area contributed by atoms with Gasteiger partial charge < -0.3 is 4.74 Å². The molecule has 0 spiro atoms. The molecule has 0 aliphatic rings. The van der Waals surface area contributed by atoms with Crippen molar-refractivity contribution < 1.29 is 4.74 Å². The third-order valence-corrected chi connectivity index (χ3v) is 1.19. The molecule has 0 N–H and O–H groups in total. The number of alkyl halides is 2. The van der Waals surface area contributed by atoms with Crippen LogP contribution in [-0.4, -0.2) is 18.1 Å². The molecule has 0 aliphatic heterocycles. The van der Waals surface area contributed by atoms with Gasteiger partial charge in [-0.15, -0.1) is 11.6 Å². The maximum Gasteiger partial charge on any atom is 0.144 e. The highest BCUT2D eigenvalue weighted by molar-refractivity contribution is 6.27. The van der Waals surface area contributed by atoms with Gasteiger partial charge in [-0.25, -0.2) is 0 Å². The Balaban J connectivity index is 2.83. The van der Waals surface area contributed by atoms with E-state index in [2.05, 4.69) is 0 Å². The van der Waals surface area contributed by atoms with Crippen LogP contribution < -0.4 is 0 Å². The lowest BCUT2D eigenvalue weighted by Gasteiger charge is -2.01. The summed E-state index contributed by atoms with van der Waals surface area (Å²) >= 11 is 10.7. The van der Waals surface area contributed by atoms with Crippen LogP contribution >= 0.6 is 23.2 Å². The van der Waals surface area contributed by atoms with E-state index in [0.29, 0.717) is 12.5 Å². The Labute approximate surface area is 53.6 Å². The first-order valence-electron chi connectivity index (χ1n) is 2.13. The van der Waals surface area contributed by atoms with E-state index in [1.54, 1.807) is 0 Å². The van der Waals surface area contributed by atoms with Gasteiger partial charge in [0.1, 0.15) is 5.56 Å². The van der Waals surface area contributed by atoms with Crippen LogP contribution in [0.3, 0.4) is 0 Å². The van der Waals surface area contributed by atoms with Crippen LogP contribution in [0.4, 0.5) is 0 Å². The van der Waals surface area contributed by atoms with E-state index >= 15 is 0 Å². The molecular formula is C4H8Cl2O. The lowest BCUT2D eigenvalue weighted by Crippen LogP contribution is -2.04. The third kappa shape index (κ3) is 4.39. The van der Waals surface area contributed by atoms with Crippen LogP contribution in [0.25, 0.3) is 0 Å². The molecule has 0 radical (unpaired) electrons. The van der Waals surface area contributed by atoms with Crippen LogP contribution in [0.5, 0.6) is 0 Å². The van der Waals surface area contributed by atoms with Gasteiger partial charge in [-0.2, -0.15) is 0 Å². The Bertz CT molecular complexity index is 40.7. The summed E-state index contributed by atoms with van der Waals surface area (Å²) in [7, 11) is 0. The van der Waals surface area contributed by atoms with Crippen LogP contribution in [0, 0.1) is 0 Å². The number of ether oxygens (including phenoxy) is 1. The van der Waals surface area contributed by atoms with E-state index in [-0.39, 0.29) is 5.56 Å². The Hall–Kier alpha value is 0.540. The Morgan fingerprint density at radius 1 is 1.71 bits per heavy atom. The second kappa shape index (κ2) is 4.69. The van der Waals surface area contributed by atoms with Crippen molar-refractivity contribution >= 4 is 23.2 Å². The summed E-state index contributed by atoms with van der Waals surface area (Å²) in [6.45, 7) is 2.50. The number of hydrogen-bond donors (Lipinski definition) is 0. The van der Waals surface area contributed by atoms with Gasteiger partial charge in [0.15, 0.2) is 0 Å². The van der Waals surface area contributed by atoms with E-state index < -0.39 is 0 Å². The molecule has 0 saturated heterocycles. The molecule has 0 amide bonds. The quantitative estimate of drug-likeness (QED) is 0.547. The minimum Gasteiger partial charge on any atom is -0.362 e. The summed E-state index contributed by atoms with van der Waals surface area (Å²) in [5, 5.41) is 0. The zero-order chi connectivity index (χ0) is 5.70. The van der Waals surface area contributed by atoms with Crippen molar-refractivity contribution in [2.45, 2.75) is 12.5 Å². The molecule has 0 saturated carbocycles. The molecule has 44 valence electrons. The van der Waals surface area contributed by atoms with Crippen molar-refractivity contribution in [2.75, 3.05) is 12.5 Å². The van der Waals surface area contributed by atoms with Gasteiger partial charge in [0.05, 0.1) is 5.88 Å². The first-order valence-corrected chi connectivity index (χ1v) is 3.10. The van der Waals surface area contributed by atoms with Crippen LogP contribution in [-0.2, 0) is 4.74 Å². The highest BCUT2D eigenvalue weighted by Gasteiger charge is 1.96. The number of halogens is 2. The van der Waals surface area contributed by atoms with Crippen molar-refractivity contribution in [3.8, 4) is 0 Å². The van der Waals surface area contributed by atoms with Gasteiger partial charge in [-0.3, -0.25) is 0 Å². The molecule has 0 heterocycles. The smallest absolute Gasteiger partial charge is 0.144 e. The predicted octanol–water partition coefficient (Wildman–Crippen LogP) is 1.83. The van der Waals surface area contributed by atoms with Crippen molar-refractivity contribution in [1.29, 1.82) is 0 Å². The van der Waals surface area contributed by atoms with E-state index in [1.807, 2.05) is 6.92 Å². The van der Waals surface area contributed by atoms with Crippen molar-refractivity contribution in [1.82, 2.24) is 0 Å². The molecule has 0 fully saturated rings. The first kappa shape index (κ1) is 7.54. The summed E-state index contributed by atoms with van der Waals surface area (Å²) in [5.74, 6) is 0.357. The number of hydrogen-bond acceptors (Lipinski definition) is 1. The second-order valence-corrected chi connectivity index (χ2v) is 1.82. The number of rotatable bonds is 3. The largest absolute Gasteiger partial charge is 0.362 e. The second-order valence-electron chi connectivity index (χ2n) is 1.02. The van der Waals surface area contributed by atoms with E-state index in [9.17, 15) is 0 Å². The van der Waals surface area contributed by atoms with Gasteiger partial charge in [0.2, 0.25) is 0 Å². The zero-order valence-corrected chi connectivity index (χ0v) is 5.67. The monoisotopic (exact) mass is 142 g/mol. The van der Waals surface area contributed by atoms with Gasteiger partial charge in [-0.05, 0) is 6.92 Å². The normalized spacial score (nSPS) is 14.1. The van der Waals surface area contributed by atoms with Crippen molar-refractivity contribution in [3.05, 3.63) is 0 Å². The lowest BCUT2D eigenvalue weighted by atomic mass is 10.8. The SMILES string of the molecule is CCO[C@@H](Cl)CCl. The van der Waals surface area contributed by atoms with E-state index in [1.165, 1.54) is 0 Å². The minimum atomic E-state index is -0.313. The summed E-state index contributed by atoms with van der Waals surface area (Å²) < 4.78 is 4.82. The van der Waals surface area contributed by atoms with Gasteiger partial charge >= 0.3 is 0 Å². The fraction of sp³-hybridized carbons (Fsp3) is 1.00. The average Bonchev–Trinajstić information content (AvgIpc) is 1.68. The Kier molecular flexibility index (Phi) is 5.05. The molecule has 0 bridgehead atoms. The molecule has 7 heavy (non-hydrogen) atoms. The van der Waals surface area contributed by atoms with Crippen LogP contribution in [0.2, 0.25) is 0 Å². The van der Waals surface area contributed by atoms with Gasteiger partial charge in [0, 0.05) is 6.61 Å². The fourth-order valence-corrected chi connectivity index (χ4v) is 0.440. The minimum absolute atomic E-state index is 0.313. The Morgan fingerprint density at radius 3 is 2.43 bits per heavy atom. The maximum absolute atomic E-state index is 5.41. The topological polar surface area (TPSA) is 9.23 Å². The summed E-state index contributed by atoms with van der Waals surface area (Å²) in [6.07, 6.45) is 0. The highest BCUT2D eigenvalue weighted by atomic mass is 35.5. The third-order valence-electron chi connectivity index (χ3n) is 0.469. The van der Waals surface area contributed by atoms with Crippen LogP contribution in [0.1, 0.15) is 6.92 Å². The Morgan fingerprint density at radius 2 is 2.29 bits per heavy atom. The summed E-state index contributed by atoms with van der Waals surface area (Å²) in [4.78, 5) is 0. The van der Waals surface area contributed by atoms with Gasteiger partial charge in [-0.1, -0.05) is 11.6 Å². The van der Waals surface area contributed by atoms with Crippen molar-refractivity contribution in [2.24, 2.45) is 0 Å². The van der Waals surface area contributed by atoms with Crippen LogP contribution in [0.15, 0.2) is 0 Å². The molecule has 0 rings (SSSR count). The van der Waals surface area contributed by atoms with Gasteiger partial charge in [0.25, 0.3) is 0 Å². The predicted molar refractivity (Wildman–Crippen MR) is 32.0 cm³/mol. The lowest BCUT2D eigenvalue weighted by molar-refractivity contribution is 0.134. The molecule has 0 aromatic rings. The van der Waals surface area contributed by atoms with Crippen molar-refractivity contribution in [3.63, 3.8) is 0 Å². The summed E-state index contributed by atoms with van der Waals surface area (Å²) in [5.41, 5.74) is -0.313. The standard InChI is InChI=1S/C4H8Cl2O/c1-2-7-4(6)3-5/h4H,2-3H2,1H3/t4-/m1/s1. The molecular weight excluding hydrogens is 135 g/mol. The molecule has 0 aliphatic carbocycles. The average molecular weight is 143 g/mol. The molecule has 0 unspecified atom stereocenters. The molecule has 3 heteroatoms. The molecule has 1 atom stereocenters. The summed E-state index contributed by atoms with van der Waals surface area (Å²) in [6, 6.07) is 0. The highest BCUT2D eigenvalue weighted by Crippen LogP contribution is 1.98. The maximum atomic E-state index is 5.41. The first-order chi connectivity index (χ1) is 3.31. The van der Waals surface area contributed by atoms with E-state index in [0.717, 1.165) is 0 Å². The molecule has 1 nitrogen and oxygen atoms in total. The molecule has 0 aromatic heterocycles.